The second-order valence-electron chi connectivity index (χ2n) is 8.34. The first-order valence-corrected chi connectivity index (χ1v) is 13.3. The van der Waals surface area contributed by atoms with Crippen LogP contribution >= 0.6 is 23.1 Å². The highest BCUT2D eigenvalue weighted by molar-refractivity contribution is 8.00. The van der Waals surface area contributed by atoms with Gasteiger partial charge < -0.3 is 10.6 Å². The van der Waals surface area contributed by atoms with Crippen molar-refractivity contribution in [2.45, 2.75) is 17.1 Å². The molecule has 0 saturated carbocycles. The van der Waals surface area contributed by atoms with Crippen LogP contribution in [0.3, 0.4) is 0 Å². The van der Waals surface area contributed by atoms with Gasteiger partial charge in [-0.2, -0.15) is 0 Å². The van der Waals surface area contributed by atoms with Gasteiger partial charge in [-0.1, -0.05) is 42.5 Å². The van der Waals surface area contributed by atoms with E-state index in [0.29, 0.717) is 16.4 Å². The summed E-state index contributed by atoms with van der Waals surface area (Å²) in [5, 5.41) is 10.1. The molecule has 4 aromatic carbocycles. The lowest BCUT2D eigenvalue weighted by atomic mass is 10.1. The zero-order chi connectivity index (χ0) is 25.8. The Balaban J connectivity index is 1.20. The van der Waals surface area contributed by atoms with E-state index in [4.69, 9.17) is 0 Å². The topological polar surface area (TPSA) is 71.1 Å². The lowest BCUT2D eigenvalue weighted by Gasteiger charge is -2.12. The van der Waals surface area contributed by atoms with Gasteiger partial charge in [0.2, 0.25) is 5.91 Å². The Morgan fingerprint density at radius 3 is 2.49 bits per heavy atom. The van der Waals surface area contributed by atoms with Crippen molar-refractivity contribution < 1.29 is 14.0 Å². The Bertz CT molecular complexity index is 1580. The van der Waals surface area contributed by atoms with Gasteiger partial charge in [0.05, 0.1) is 10.9 Å². The maximum atomic E-state index is 13.1. The number of nitrogens with zero attached hydrogens (tertiary/aromatic N) is 1. The molecule has 5 rings (SSSR count). The van der Waals surface area contributed by atoms with Gasteiger partial charge in [0, 0.05) is 27.1 Å². The van der Waals surface area contributed by atoms with Crippen LogP contribution in [-0.4, -0.2) is 22.0 Å². The molecule has 0 aliphatic rings. The second-order valence-corrected chi connectivity index (χ2v) is 10.6. The van der Waals surface area contributed by atoms with Gasteiger partial charge in [-0.3, -0.25) is 9.59 Å². The molecule has 0 bridgehead atoms. The number of aromatic nitrogens is 1. The number of hydrogen-bond donors (Lipinski definition) is 2. The molecule has 0 saturated heterocycles. The third kappa shape index (κ3) is 6.04. The SMILES string of the molecule is CC(Sc1cccc(NC(=O)c2ccc(F)cc2)c1)C(=O)Nc1nc(-c2ccc3ccccc3c2)cs1. The monoisotopic (exact) mass is 527 g/mol. The minimum absolute atomic E-state index is 0.162. The Hall–Kier alpha value is -4.01. The Kier molecular flexibility index (Phi) is 7.30. The fraction of sp³-hybridized carbons (Fsp3) is 0.0690. The molecular weight excluding hydrogens is 505 g/mol. The highest BCUT2D eigenvalue weighted by Crippen LogP contribution is 2.30. The number of carbonyl (C=O) groups is 2. The summed E-state index contributed by atoms with van der Waals surface area (Å²) in [6.45, 7) is 1.82. The van der Waals surface area contributed by atoms with E-state index in [0.717, 1.165) is 21.5 Å². The van der Waals surface area contributed by atoms with E-state index >= 15 is 0 Å². The number of benzene rings is 4. The molecule has 1 unspecified atom stereocenters. The highest BCUT2D eigenvalue weighted by atomic mass is 32.2. The number of nitrogens with one attached hydrogen (secondary N) is 2. The number of halogens is 1. The number of thiazole rings is 1. The lowest BCUT2D eigenvalue weighted by molar-refractivity contribution is -0.115. The van der Waals surface area contributed by atoms with Gasteiger partial charge in [-0.25, -0.2) is 9.37 Å². The van der Waals surface area contributed by atoms with E-state index in [9.17, 15) is 14.0 Å². The van der Waals surface area contributed by atoms with Crippen LogP contribution in [-0.2, 0) is 4.79 Å². The van der Waals surface area contributed by atoms with Gasteiger partial charge >= 0.3 is 0 Å². The van der Waals surface area contributed by atoms with Crippen LogP contribution in [0.1, 0.15) is 17.3 Å². The summed E-state index contributed by atoms with van der Waals surface area (Å²) >= 11 is 2.77. The summed E-state index contributed by atoms with van der Waals surface area (Å²) in [6, 6.07) is 26.9. The normalized spacial score (nSPS) is 11.7. The highest BCUT2D eigenvalue weighted by Gasteiger charge is 2.17. The van der Waals surface area contributed by atoms with Crippen LogP contribution in [0.4, 0.5) is 15.2 Å². The standard InChI is InChI=1S/C29H22FN3O2S2/c1-18(37-25-8-4-7-24(16-25)31-28(35)20-11-13-23(30)14-12-20)27(34)33-29-32-26(17-36-29)22-10-9-19-5-2-3-6-21(19)15-22/h2-18H,1H3,(H,31,35)(H,32,33,34). The minimum atomic E-state index is -0.398. The molecule has 2 N–H and O–H groups in total. The lowest BCUT2D eigenvalue weighted by Crippen LogP contribution is -2.22. The fourth-order valence-corrected chi connectivity index (χ4v) is 5.38. The number of anilines is 2. The molecular formula is C29H22FN3O2S2. The molecule has 5 aromatic rings. The molecule has 8 heteroatoms. The predicted octanol–water partition coefficient (Wildman–Crippen LogP) is 7.47. The predicted molar refractivity (Wildman–Crippen MR) is 150 cm³/mol. The number of thioether (sulfide) groups is 1. The van der Waals surface area contributed by atoms with Gasteiger partial charge in [-0.15, -0.1) is 23.1 Å². The van der Waals surface area contributed by atoms with Crippen LogP contribution in [0.2, 0.25) is 0 Å². The van der Waals surface area contributed by atoms with Crippen molar-refractivity contribution in [2.24, 2.45) is 0 Å². The van der Waals surface area contributed by atoms with Crippen molar-refractivity contribution in [3.8, 4) is 11.3 Å². The molecule has 2 amide bonds. The summed E-state index contributed by atoms with van der Waals surface area (Å²) in [7, 11) is 0. The third-order valence-electron chi connectivity index (χ3n) is 5.66. The minimum Gasteiger partial charge on any atom is -0.322 e. The molecule has 0 aliphatic heterocycles. The van der Waals surface area contributed by atoms with Crippen molar-refractivity contribution in [3.05, 3.63) is 108 Å². The van der Waals surface area contributed by atoms with Crippen LogP contribution in [0, 0.1) is 5.82 Å². The van der Waals surface area contributed by atoms with Crippen molar-refractivity contribution in [3.63, 3.8) is 0 Å². The molecule has 5 nitrogen and oxygen atoms in total. The number of amides is 2. The summed E-state index contributed by atoms with van der Waals surface area (Å²) in [5.41, 5.74) is 2.76. The molecule has 184 valence electrons. The first-order valence-electron chi connectivity index (χ1n) is 11.5. The number of rotatable bonds is 7. The van der Waals surface area contributed by atoms with Crippen molar-refractivity contribution in [2.75, 3.05) is 10.6 Å². The average molecular weight is 528 g/mol. The zero-order valence-electron chi connectivity index (χ0n) is 19.8. The van der Waals surface area contributed by atoms with Crippen LogP contribution in [0.15, 0.2) is 101 Å². The quantitative estimate of drug-likeness (QED) is 0.215. The van der Waals surface area contributed by atoms with Gasteiger partial charge in [0.15, 0.2) is 5.13 Å². The van der Waals surface area contributed by atoms with Gasteiger partial charge in [0.1, 0.15) is 5.82 Å². The number of fused-ring (bicyclic) bond motifs is 1. The van der Waals surface area contributed by atoms with E-state index in [2.05, 4.69) is 39.9 Å². The third-order valence-corrected chi connectivity index (χ3v) is 7.51. The second kappa shape index (κ2) is 10.9. The Labute approximate surface area is 221 Å². The maximum Gasteiger partial charge on any atom is 0.255 e. The molecule has 1 aromatic heterocycles. The Morgan fingerprint density at radius 1 is 0.892 bits per heavy atom. The summed E-state index contributed by atoms with van der Waals surface area (Å²) in [5.74, 6) is -0.894. The van der Waals surface area contributed by atoms with E-state index in [1.165, 1.54) is 52.8 Å². The summed E-state index contributed by atoms with van der Waals surface area (Å²) in [4.78, 5) is 30.7. The van der Waals surface area contributed by atoms with Crippen LogP contribution in [0.25, 0.3) is 22.0 Å². The maximum absolute atomic E-state index is 13.1. The molecule has 0 aliphatic carbocycles. The van der Waals surface area contributed by atoms with Gasteiger partial charge in [-0.05, 0) is 66.2 Å². The van der Waals surface area contributed by atoms with Crippen molar-refractivity contribution in [1.82, 2.24) is 4.98 Å². The first kappa shape index (κ1) is 24.7. The molecule has 37 heavy (non-hydrogen) atoms. The summed E-state index contributed by atoms with van der Waals surface area (Å²) < 4.78 is 13.1. The number of carbonyl (C=O) groups excluding carboxylic acids is 2. The molecule has 1 heterocycles. The average Bonchev–Trinajstić information content (AvgIpc) is 3.37. The fourth-order valence-electron chi connectivity index (χ4n) is 3.73. The number of hydrogen-bond acceptors (Lipinski definition) is 5. The molecule has 1 atom stereocenters. The zero-order valence-corrected chi connectivity index (χ0v) is 21.4. The molecule has 0 spiro atoms. The van der Waals surface area contributed by atoms with Crippen molar-refractivity contribution >= 4 is 56.5 Å². The molecule has 0 fully saturated rings. The summed E-state index contributed by atoms with van der Waals surface area (Å²) in [6.07, 6.45) is 0. The van der Waals surface area contributed by atoms with Crippen LogP contribution in [0.5, 0.6) is 0 Å². The molecule has 0 radical (unpaired) electrons. The van der Waals surface area contributed by atoms with E-state index in [-0.39, 0.29) is 11.8 Å². The van der Waals surface area contributed by atoms with Crippen molar-refractivity contribution in [1.29, 1.82) is 0 Å². The smallest absolute Gasteiger partial charge is 0.255 e. The Morgan fingerprint density at radius 2 is 1.68 bits per heavy atom. The van der Waals surface area contributed by atoms with Gasteiger partial charge in [0.25, 0.3) is 5.91 Å². The van der Waals surface area contributed by atoms with E-state index in [1.54, 1.807) is 12.1 Å². The van der Waals surface area contributed by atoms with E-state index in [1.807, 2.05) is 42.6 Å². The van der Waals surface area contributed by atoms with E-state index < -0.39 is 11.1 Å². The van der Waals surface area contributed by atoms with Crippen LogP contribution < -0.4 is 10.6 Å². The largest absolute Gasteiger partial charge is 0.322 e. The first-order chi connectivity index (χ1) is 17.9.